The number of oxazole rings is 1. The van der Waals surface area contributed by atoms with E-state index in [2.05, 4.69) is 20.3 Å². The van der Waals surface area contributed by atoms with Crippen LogP contribution in [0.4, 0.5) is 10.8 Å². The summed E-state index contributed by atoms with van der Waals surface area (Å²) in [4.78, 5) is 22.3. The summed E-state index contributed by atoms with van der Waals surface area (Å²) in [6.45, 7) is 0. The van der Waals surface area contributed by atoms with Crippen LogP contribution in [0.2, 0.25) is 0 Å². The summed E-state index contributed by atoms with van der Waals surface area (Å²) in [6.07, 6.45) is 5.24. The molecule has 0 bridgehead atoms. The van der Waals surface area contributed by atoms with Crippen molar-refractivity contribution in [3.63, 3.8) is 0 Å². The van der Waals surface area contributed by atoms with Crippen molar-refractivity contribution in [1.82, 2.24) is 15.0 Å². The van der Waals surface area contributed by atoms with Gasteiger partial charge in [0.25, 0.3) is 0 Å². The molecule has 3 heterocycles. The number of aromatic nitrogens is 3. The summed E-state index contributed by atoms with van der Waals surface area (Å²) < 4.78 is 5.09. The summed E-state index contributed by atoms with van der Waals surface area (Å²) in [5.74, 6) is -0.454. The van der Waals surface area contributed by atoms with Crippen LogP contribution in [-0.2, 0) is 0 Å². The number of thiazole rings is 1. The van der Waals surface area contributed by atoms with E-state index in [0.717, 1.165) is 21.9 Å². The smallest absolute Gasteiger partial charge is 0.408 e. The first kappa shape index (κ1) is 12.8. The van der Waals surface area contributed by atoms with Gasteiger partial charge < -0.3 is 9.73 Å². The molecular formula is C15H10N4O2S. The molecule has 4 aromatic rings. The lowest BCUT2D eigenvalue weighted by Crippen LogP contribution is -1.92. The van der Waals surface area contributed by atoms with Gasteiger partial charge in [0.2, 0.25) is 0 Å². The lowest BCUT2D eigenvalue weighted by molar-refractivity contribution is 0.555. The van der Waals surface area contributed by atoms with Gasteiger partial charge in [0, 0.05) is 23.3 Å². The third kappa shape index (κ3) is 2.38. The van der Waals surface area contributed by atoms with Gasteiger partial charge in [-0.2, -0.15) is 0 Å². The van der Waals surface area contributed by atoms with E-state index in [9.17, 15) is 4.79 Å². The summed E-state index contributed by atoms with van der Waals surface area (Å²) in [5.41, 5.74) is 3.90. The molecule has 1 aromatic carbocycles. The molecule has 0 amide bonds. The van der Waals surface area contributed by atoms with E-state index in [-0.39, 0.29) is 0 Å². The Morgan fingerprint density at radius 1 is 1.18 bits per heavy atom. The quantitative estimate of drug-likeness (QED) is 0.606. The zero-order valence-electron chi connectivity index (χ0n) is 11.2. The fourth-order valence-corrected chi connectivity index (χ4v) is 2.75. The molecule has 0 unspecified atom stereocenters. The van der Waals surface area contributed by atoms with E-state index in [1.54, 1.807) is 18.6 Å². The second-order valence-corrected chi connectivity index (χ2v) is 5.54. The van der Waals surface area contributed by atoms with Gasteiger partial charge in [-0.05, 0) is 23.8 Å². The van der Waals surface area contributed by atoms with Gasteiger partial charge in [-0.1, -0.05) is 6.07 Å². The highest BCUT2D eigenvalue weighted by atomic mass is 32.1. The number of fused-ring (bicyclic) bond motifs is 1. The SMILES string of the molecule is O=c1[nH]c2ccc(-c3cncc(Nc4nccs4)c3)cc2o1. The number of benzene rings is 1. The molecule has 3 aromatic heterocycles. The highest BCUT2D eigenvalue weighted by Crippen LogP contribution is 2.26. The molecule has 0 saturated heterocycles. The van der Waals surface area contributed by atoms with E-state index in [0.29, 0.717) is 11.1 Å². The average Bonchev–Trinajstić information content (AvgIpc) is 3.15. The maximum absolute atomic E-state index is 11.2. The Balaban J connectivity index is 1.72. The molecule has 0 aliphatic heterocycles. The van der Waals surface area contributed by atoms with Crippen molar-refractivity contribution in [2.24, 2.45) is 0 Å². The number of nitrogens with zero attached hydrogens (tertiary/aromatic N) is 2. The number of pyridine rings is 1. The van der Waals surface area contributed by atoms with Crippen molar-refractivity contribution in [3.05, 3.63) is 58.8 Å². The molecule has 0 fully saturated rings. The average molecular weight is 310 g/mol. The molecule has 6 nitrogen and oxygen atoms in total. The number of hydrogen-bond donors (Lipinski definition) is 2. The van der Waals surface area contributed by atoms with Crippen molar-refractivity contribution in [2.75, 3.05) is 5.32 Å². The fourth-order valence-electron chi connectivity index (χ4n) is 2.20. The number of H-pyrrole nitrogens is 1. The molecule has 108 valence electrons. The van der Waals surface area contributed by atoms with Gasteiger partial charge in [-0.15, -0.1) is 11.3 Å². The Morgan fingerprint density at radius 2 is 2.14 bits per heavy atom. The Hall–Kier alpha value is -2.93. The van der Waals surface area contributed by atoms with E-state index < -0.39 is 5.76 Å². The lowest BCUT2D eigenvalue weighted by atomic mass is 10.1. The molecule has 0 radical (unpaired) electrons. The van der Waals surface area contributed by atoms with Gasteiger partial charge in [0.05, 0.1) is 17.4 Å². The molecular weight excluding hydrogens is 300 g/mol. The monoisotopic (exact) mass is 310 g/mol. The maximum Gasteiger partial charge on any atom is 0.417 e. The van der Waals surface area contributed by atoms with Crippen molar-refractivity contribution in [2.45, 2.75) is 0 Å². The number of hydrogen-bond acceptors (Lipinski definition) is 6. The number of anilines is 2. The minimum absolute atomic E-state index is 0.454. The molecule has 0 aliphatic rings. The first-order valence-electron chi connectivity index (χ1n) is 6.53. The first-order valence-corrected chi connectivity index (χ1v) is 7.41. The number of aromatic amines is 1. The minimum atomic E-state index is -0.454. The van der Waals surface area contributed by atoms with Crippen LogP contribution in [0.1, 0.15) is 0 Å². The minimum Gasteiger partial charge on any atom is -0.408 e. The second-order valence-electron chi connectivity index (χ2n) is 4.65. The summed E-state index contributed by atoms with van der Waals surface area (Å²) in [5, 5.41) is 5.92. The van der Waals surface area contributed by atoms with Crippen molar-refractivity contribution in [1.29, 1.82) is 0 Å². The van der Waals surface area contributed by atoms with E-state index >= 15 is 0 Å². The van der Waals surface area contributed by atoms with Crippen LogP contribution in [0.3, 0.4) is 0 Å². The van der Waals surface area contributed by atoms with Crippen LogP contribution in [0.15, 0.2) is 57.4 Å². The second kappa shape index (κ2) is 5.12. The standard InChI is InChI=1S/C15H10N4O2S/c20-15-19-12-2-1-9(6-13(12)21-15)10-5-11(8-16-7-10)18-14-17-3-4-22-14/h1-8H,(H,17,18)(H,19,20). The molecule has 0 aliphatic carbocycles. The summed E-state index contributed by atoms with van der Waals surface area (Å²) >= 11 is 1.52. The Kier molecular flexibility index (Phi) is 2.97. The van der Waals surface area contributed by atoms with E-state index in [1.807, 2.05) is 29.6 Å². The van der Waals surface area contributed by atoms with Crippen LogP contribution in [0, 0.1) is 0 Å². The van der Waals surface area contributed by atoms with Crippen LogP contribution in [0.25, 0.3) is 22.2 Å². The molecule has 0 saturated carbocycles. The highest BCUT2D eigenvalue weighted by Gasteiger charge is 2.06. The van der Waals surface area contributed by atoms with Gasteiger partial charge in [-0.3, -0.25) is 9.97 Å². The molecule has 4 rings (SSSR count). The fraction of sp³-hybridized carbons (Fsp3) is 0. The topological polar surface area (TPSA) is 83.8 Å². The largest absolute Gasteiger partial charge is 0.417 e. The van der Waals surface area contributed by atoms with Crippen molar-refractivity contribution < 1.29 is 4.42 Å². The molecule has 0 atom stereocenters. The number of rotatable bonds is 3. The van der Waals surface area contributed by atoms with Gasteiger partial charge >= 0.3 is 5.76 Å². The van der Waals surface area contributed by atoms with E-state index in [4.69, 9.17) is 4.42 Å². The molecule has 7 heteroatoms. The Labute approximate surface area is 128 Å². The Bertz CT molecular complexity index is 988. The van der Waals surface area contributed by atoms with Crippen LogP contribution >= 0.6 is 11.3 Å². The van der Waals surface area contributed by atoms with Crippen molar-refractivity contribution >= 4 is 33.3 Å². The third-order valence-corrected chi connectivity index (χ3v) is 3.86. The molecule has 2 N–H and O–H groups in total. The van der Waals surface area contributed by atoms with Crippen molar-refractivity contribution in [3.8, 4) is 11.1 Å². The summed E-state index contributed by atoms with van der Waals surface area (Å²) in [6, 6.07) is 7.52. The van der Waals surface area contributed by atoms with Gasteiger partial charge in [0.1, 0.15) is 0 Å². The number of nitrogens with one attached hydrogen (secondary N) is 2. The molecule has 0 spiro atoms. The van der Waals surface area contributed by atoms with Crippen LogP contribution in [-0.4, -0.2) is 15.0 Å². The zero-order valence-corrected chi connectivity index (χ0v) is 12.1. The normalized spacial score (nSPS) is 10.9. The third-order valence-electron chi connectivity index (χ3n) is 3.18. The Morgan fingerprint density at radius 3 is 3.00 bits per heavy atom. The predicted molar refractivity (Wildman–Crippen MR) is 85.5 cm³/mol. The van der Waals surface area contributed by atoms with E-state index in [1.165, 1.54) is 11.3 Å². The maximum atomic E-state index is 11.2. The van der Waals surface area contributed by atoms with Gasteiger partial charge in [-0.25, -0.2) is 9.78 Å². The predicted octanol–water partition coefficient (Wildman–Crippen LogP) is 3.38. The molecule has 22 heavy (non-hydrogen) atoms. The summed E-state index contributed by atoms with van der Waals surface area (Å²) in [7, 11) is 0. The van der Waals surface area contributed by atoms with Gasteiger partial charge in [0.15, 0.2) is 10.7 Å². The first-order chi connectivity index (χ1) is 10.8. The lowest BCUT2D eigenvalue weighted by Gasteiger charge is -2.05. The zero-order chi connectivity index (χ0) is 14.9. The van der Waals surface area contributed by atoms with Crippen LogP contribution < -0.4 is 11.1 Å². The highest BCUT2D eigenvalue weighted by molar-refractivity contribution is 7.13. The van der Waals surface area contributed by atoms with Crippen LogP contribution in [0.5, 0.6) is 0 Å².